The Morgan fingerprint density at radius 1 is 1.38 bits per heavy atom. The highest BCUT2D eigenvalue weighted by molar-refractivity contribution is 14.0. The lowest BCUT2D eigenvalue weighted by molar-refractivity contribution is 0.259. The van der Waals surface area contributed by atoms with Crippen molar-refractivity contribution in [2.75, 3.05) is 33.2 Å². The van der Waals surface area contributed by atoms with Gasteiger partial charge < -0.3 is 10.2 Å². The zero-order valence-electron chi connectivity index (χ0n) is 13.7. The number of aliphatic imine (C=N–C) groups is 1. The lowest BCUT2D eigenvalue weighted by atomic mass is 10.2. The topological polar surface area (TPSA) is 30.9 Å². The highest BCUT2D eigenvalue weighted by Gasteiger charge is 2.29. The largest absolute Gasteiger partial charge is 0.352 e. The van der Waals surface area contributed by atoms with Gasteiger partial charge in [0.2, 0.25) is 0 Å². The molecule has 1 aromatic rings. The fourth-order valence-electron chi connectivity index (χ4n) is 3.19. The van der Waals surface area contributed by atoms with E-state index in [1.807, 2.05) is 6.07 Å². The van der Waals surface area contributed by atoms with Crippen molar-refractivity contribution >= 4 is 45.9 Å². The third-order valence-electron chi connectivity index (χ3n) is 4.47. The van der Waals surface area contributed by atoms with Crippen molar-refractivity contribution < 1.29 is 4.39 Å². The molecule has 1 N–H and O–H groups in total. The molecule has 1 atom stereocenters. The second-order valence-electron chi connectivity index (χ2n) is 5.96. The van der Waals surface area contributed by atoms with E-state index >= 15 is 0 Å². The molecule has 4 nitrogen and oxygen atoms in total. The van der Waals surface area contributed by atoms with Gasteiger partial charge in [0.05, 0.1) is 4.47 Å². The molecular formula is C17H23BrFIN4. The fraction of sp³-hybridized carbons (Fsp3) is 0.471. The first kappa shape index (κ1) is 19.7. The molecule has 7 heteroatoms. The predicted molar refractivity (Wildman–Crippen MR) is 110 cm³/mol. The van der Waals surface area contributed by atoms with E-state index in [4.69, 9.17) is 0 Å². The first-order valence-corrected chi connectivity index (χ1v) is 8.75. The average Bonchev–Trinajstić information content (AvgIpc) is 3.22. The summed E-state index contributed by atoms with van der Waals surface area (Å²) in [5, 5.41) is 3.35. The van der Waals surface area contributed by atoms with Crippen molar-refractivity contribution in [2.24, 2.45) is 4.99 Å². The van der Waals surface area contributed by atoms with Crippen LogP contribution in [0.1, 0.15) is 12.0 Å². The van der Waals surface area contributed by atoms with E-state index in [2.05, 4.69) is 48.2 Å². The molecular weight excluding hydrogens is 486 g/mol. The molecule has 2 heterocycles. The first-order valence-electron chi connectivity index (χ1n) is 7.96. The summed E-state index contributed by atoms with van der Waals surface area (Å²) < 4.78 is 14.1. The number of hydrogen-bond acceptors (Lipinski definition) is 2. The maximum absolute atomic E-state index is 13.6. The molecule has 0 aromatic heterocycles. The smallest absolute Gasteiger partial charge is 0.193 e. The molecule has 1 saturated heterocycles. The summed E-state index contributed by atoms with van der Waals surface area (Å²) >= 11 is 3.18. The van der Waals surface area contributed by atoms with E-state index in [0.717, 1.165) is 44.1 Å². The van der Waals surface area contributed by atoms with Gasteiger partial charge in [-0.15, -0.1) is 24.0 Å². The van der Waals surface area contributed by atoms with Crippen LogP contribution in [0.3, 0.4) is 0 Å². The minimum Gasteiger partial charge on any atom is -0.352 e. The molecule has 132 valence electrons. The molecule has 0 radical (unpaired) electrons. The van der Waals surface area contributed by atoms with Gasteiger partial charge in [-0.2, -0.15) is 0 Å². The Kier molecular flexibility index (Phi) is 7.49. The number of halogens is 3. The number of nitrogens with one attached hydrogen (secondary N) is 1. The van der Waals surface area contributed by atoms with Gasteiger partial charge in [-0.05, 0) is 40.0 Å². The van der Waals surface area contributed by atoms with E-state index in [-0.39, 0.29) is 29.8 Å². The van der Waals surface area contributed by atoms with Crippen LogP contribution < -0.4 is 5.32 Å². The normalized spacial score (nSPS) is 21.2. The predicted octanol–water partition coefficient (Wildman–Crippen LogP) is 3.23. The molecule has 0 spiro atoms. The van der Waals surface area contributed by atoms with Crippen LogP contribution in [0, 0.1) is 5.82 Å². The van der Waals surface area contributed by atoms with Crippen LogP contribution in [-0.4, -0.2) is 55.0 Å². The van der Waals surface area contributed by atoms with Gasteiger partial charge in [0.15, 0.2) is 5.96 Å². The highest BCUT2D eigenvalue weighted by Crippen LogP contribution is 2.19. The standard InChI is InChI=1S/C17H22BrFN4.HI/c1-20-17(21-11-13-4-5-15(18)16(19)10-13)23-9-6-14(12-23)22-7-2-3-8-22;/h2-5,10,14H,6-9,11-12H2,1H3,(H,20,21);1H. The molecule has 2 aliphatic heterocycles. The first-order chi connectivity index (χ1) is 11.2. The van der Waals surface area contributed by atoms with Gasteiger partial charge in [-0.1, -0.05) is 18.2 Å². The number of likely N-dealkylation sites (tertiary alicyclic amines) is 1. The van der Waals surface area contributed by atoms with Gasteiger partial charge in [0.1, 0.15) is 5.82 Å². The van der Waals surface area contributed by atoms with Crippen LogP contribution in [0.2, 0.25) is 0 Å². The number of benzene rings is 1. The van der Waals surface area contributed by atoms with Crippen molar-refractivity contribution in [2.45, 2.75) is 19.0 Å². The Bertz CT molecular complexity index is 615. The van der Waals surface area contributed by atoms with Crippen molar-refractivity contribution in [1.82, 2.24) is 15.1 Å². The zero-order valence-corrected chi connectivity index (χ0v) is 17.6. The summed E-state index contributed by atoms with van der Waals surface area (Å²) in [7, 11) is 1.80. The van der Waals surface area contributed by atoms with Gasteiger partial charge in [0.25, 0.3) is 0 Å². The molecule has 2 aliphatic rings. The Morgan fingerprint density at radius 2 is 2.12 bits per heavy atom. The van der Waals surface area contributed by atoms with Crippen LogP contribution >= 0.6 is 39.9 Å². The Morgan fingerprint density at radius 3 is 2.79 bits per heavy atom. The van der Waals surface area contributed by atoms with E-state index in [1.54, 1.807) is 19.2 Å². The lowest BCUT2D eigenvalue weighted by Gasteiger charge is -2.25. The van der Waals surface area contributed by atoms with E-state index in [1.165, 1.54) is 0 Å². The Labute approximate surface area is 168 Å². The third-order valence-corrected chi connectivity index (χ3v) is 5.12. The molecule has 0 saturated carbocycles. The molecule has 0 bridgehead atoms. The maximum atomic E-state index is 13.6. The van der Waals surface area contributed by atoms with Crippen molar-refractivity contribution in [3.8, 4) is 0 Å². The quantitative estimate of drug-likeness (QED) is 0.294. The SMILES string of the molecule is CN=C(NCc1ccc(Br)c(F)c1)N1CCC(N2CC=CC2)C1.I. The van der Waals surface area contributed by atoms with Gasteiger partial charge in [-0.3, -0.25) is 9.89 Å². The molecule has 0 aliphatic carbocycles. The summed E-state index contributed by atoms with van der Waals surface area (Å²) in [5.74, 6) is 0.657. The number of hydrogen-bond donors (Lipinski definition) is 1. The Balaban J connectivity index is 0.00000208. The zero-order chi connectivity index (χ0) is 16.2. The summed E-state index contributed by atoms with van der Waals surface area (Å²) in [6, 6.07) is 5.79. The second kappa shape index (κ2) is 9.15. The number of rotatable bonds is 3. The van der Waals surface area contributed by atoms with E-state index in [9.17, 15) is 4.39 Å². The minimum absolute atomic E-state index is 0. The summed E-state index contributed by atoms with van der Waals surface area (Å²) in [4.78, 5) is 9.17. The monoisotopic (exact) mass is 508 g/mol. The van der Waals surface area contributed by atoms with Crippen molar-refractivity contribution in [3.63, 3.8) is 0 Å². The summed E-state index contributed by atoms with van der Waals surface area (Å²) in [6.07, 6.45) is 5.63. The van der Waals surface area contributed by atoms with Crippen molar-refractivity contribution in [1.29, 1.82) is 0 Å². The van der Waals surface area contributed by atoms with Crippen LogP contribution in [-0.2, 0) is 6.54 Å². The van der Waals surface area contributed by atoms with E-state index in [0.29, 0.717) is 17.1 Å². The van der Waals surface area contributed by atoms with E-state index < -0.39 is 0 Å². The summed E-state index contributed by atoms with van der Waals surface area (Å²) in [6.45, 7) is 4.69. The highest BCUT2D eigenvalue weighted by atomic mass is 127. The van der Waals surface area contributed by atoms with Crippen LogP contribution in [0.15, 0.2) is 39.8 Å². The Hall–Kier alpha value is -0.670. The molecule has 1 unspecified atom stereocenters. The third kappa shape index (κ3) is 4.70. The van der Waals surface area contributed by atoms with Gasteiger partial charge in [0, 0.05) is 45.8 Å². The van der Waals surface area contributed by atoms with Gasteiger partial charge in [-0.25, -0.2) is 4.39 Å². The van der Waals surface area contributed by atoms with Crippen LogP contribution in [0.4, 0.5) is 4.39 Å². The number of guanidine groups is 1. The molecule has 1 aromatic carbocycles. The summed E-state index contributed by atoms with van der Waals surface area (Å²) in [5.41, 5.74) is 0.909. The van der Waals surface area contributed by atoms with Crippen LogP contribution in [0.25, 0.3) is 0 Å². The second-order valence-corrected chi connectivity index (χ2v) is 6.82. The molecule has 1 fully saturated rings. The molecule has 24 heavy (non-hydrogen) atoms. The fourth-order valence-corrected chi connectivity index (χ4v) is 3.43. The maximum Gasteiger partial charge on any atom is 0.193 e. The molecule has 3 rings (SSSR count). The average molecular weight is 509 g/mol. The number of nitrogens with zero attached hydrogens (tertiary/aromatic N) is 3. The van der Waals surface area contributed by atoms with Gasteiger partial charge >= 0.3 is 0 Å². The van der Waals surface area contributed by atoms with Crippen molar-refractivity contribution in [3.05, 3.63) is 46.2 Å². The lowest BCUT2D eigenvalue weighted by Crippen LogP contribution is -2.42. The molecule has 0 amide bonds. The van der Waals surface area contributed by atoms with Crippen LogP contribution in [0.5, 0.6) is 0 Å². The minimum atomic E-state index is -0.234.